The van der Waals surface area contributed by atoms with Crippen molar-refractivity contribution in [3.63, 3.8) is 0 Å². The fourth-order valence-electron chi connectivity index (χ4n) is 1.97. The number of hydrogen-bond donors (Lipinski definition) is 2. The van der Waals surface area contributed by atoms with Crippen LogP contribution in [-0.2, 0) is 33.2 Å². The molecule has 2 N–H and O–H groups in total. The molecule has 2 unspecified atom stereocenters. The third kappa shape index (κ3) is 21.8. The Morgan fingerprint density at radius 2 is 0.741 bits per heavy atom. The summed E-state index contributed by atoms with van der Waals surface area (Å²) in [6, 6.07) is 0. The molecular formula is C18H38O9. The van der Waals surface area contributed by atoms with E-state index in [1.54, 1.807) is 14.2 Å². The SMILES string of the molecule is COCC(O)CCOCCOCCOCCOCCOCCC(O)COC. The topological polar surface area (TPSA) is 105 Å². The Kier molecular flexibility index (Phi) is 21.6. The smallest absolute Gasteiger partial charge is 0.0795 e. The van der Waals surface area contributed by atoms with Gasteiger partial charge in [-0.05, 0) is 12.8 Å². The molecular weight excluding hydrogens is 360 g/mol. The van der Waals surface area contributed by atoms with Crippen LogP contribution in [0.25, 0.3) is 0 Å². The van der Waals surface area contributed by atoms with Crippen LogP contribution in [0.1, 0.15) is 12.8 Å². The molecule has 0 bridgehead atoms. The fraction of sp³-hybridized carbons (Fsp3) is 1.00. The Morgan fingerprint density at radius 1 is 0.481 bits per heavy atom. The van der Waals surface area contributed by atoms with E-state index in [4.69, 9.17) is 33.2 Å². The molecule has 0 spiro atoms. The van der Waals surface area contributed by atoms with Crippen molar-refractivity contribution >= 4 is 0 Å². The van der Waals surface area contributed by atoms with E-state index in [9.17, 15) is 10.2 Å². The molecule has 0 heterocycles. The summed E-state index contributed by atoms with van der Waals surface area (Å²) in [6.07, 6.45) is 0.147. The van der Waals surface area contributed by atoms with E-state index in [0.717, 1.165) is 0 Å². The van der Waals surface area contributed by atoms with E-state index in [-0.39, 0.29) is 0 Å². The summed E-state index contributed by atoms with van der Waals surface area (Å²) in [5.41, 5.74) is 0. The van der Waals surface area contributed by atoms with Crippen LogP contribution >= 0.6 is 0 Å². The van der Waals surface area contributed by atoms with Crippen molar-refractivity contribution in [2.24, 2.45) is 0 Å². The van der Waals surface area contributed by atoms with Gasteiger partial charge in [0.25, 0.3) is 0 Å². The average Bonchev–Trinajstić information content (AvgIpc) is 2.64. The minimum absolute atomic E-state index is 0.326. The fourth-order valence-corrected chi connectivity index (χ4v) is 1.97. The number of aliphatic hydroxyl groups is 2. The quantitative estimate of drug-likeness (QED) is 0.241. The van der Waals surface area contributed by atoms with Gasteiger partial charge in [-0.15, -0.1) is 0 Å². The van der Waals surface area contributed by atoms with Crippen LogP contribution in [0.2, 0.25) is 0 Å². The van der Waals surface area contributed by atoms with Crippen molar-refractivity contribution in [2.75, 3.05) is 93.5 Å². The zero-order valence-corrected chi connectivity index (χ0v) is 16.8. The van der Waals surface area contributed by atoms with Gasteiger partial charge in [0, 0.05) is 27.4 Å². The summed E-state index contributed by atoms with van der Waals surface area (Å²) in [5.74, 6) is 0. The van der Waals surface area contributed by atoms with Crippen LogP contribution in [0.3, 0.4) is 0 Å². The zero-order valence-electron chi connectivity index (χ0n) is 16.8. The Bertz CT molecular complexity index is 256. The summed E-state index contributed by atoms with van der Waals surface area (Å²) in [6.45, 7) is 5.61. The van der Waals surface area contributed by atoms with Crippen LogP contribution in [0.5, 0.6) is 0 Å². The van der Waals surface area contributed by atoms with Gasteiger partial charge in [0.1, 0.15) is 0 Å². The predicted octanol–water partition coefficient (Wildman–Crippen LogP) is -0.136. The molecule has 0 aliphatic rings. The van der Waals surface area contributed by atoms with E-state index in [1.807, 2.05) is 0 Å². The second-order valence-corrected chi connectivity index (χ2v) is 5.86. The first kappa shape index (κ1) is 26.6. The molecule has 0 aliphatic carbocycles. The average molecular weight is 398 g/mol. The van der Waals surface area contributed by atoms with Crippen LogP contribution in [0.4, 0.5) is 0 Å². The lowest BCUT2D eigenvalue weighted by Crippen LogP contribution is -2.18. The van der Waals surface area contributed by atoms with E-state index >= 15 is 0 Å². The minimum atomic E-state index is -0.480. The standard InChI is InChI=1S/C18H38O9/c1-21-15-17(19)3-5-23-7-9-25-11-13-27-14-12-26-10-8-24-6-4-18(20)16-22-2/h17-20H,3-16H2,1-2H3. The van der Waals surface area contributed by atoms with Crippen molar-refractivity contribution in [1.29, 1.82) is 0 Å². The van der Waals surface area contributed by atoms with Crippen molar-refractivity contribution in [3.8, 4) is 0 Å². The molecule has 0 aliphatic heterocycles. The Balaban J connectivity index is 3.07. The van der Waals surface area contributed by atoms with Gasteiger partial charge < -0.3 is 43.4 Å². The first-order valence-electron chi connectivity index (χ1n) is 9.43. The molecule has 0 aromatic rings. The lowest BCUT2D eigenvalue weighted by Gasteiger charge is -2.10. The first-order valence-corrected chi connectivity index (χ1v) is 9.43. The van der Waals surface area contributed by atoms with Gasteiger partial charge in [0.15, 0.2) is 0 Å². The normalized spacial score (nSPS) is 13.8. The lowest BCUT2D eigenvalue weighted by molar-refractivity contribution is -0.0185. The molecule has 0 radical (unpaired) electrons. The number of aliphatic hydroxyl groups excluding tert-OH is 2. The van der Waals surface area contributed by atoms with E-state index in [0.29, 0.717) is 92.1 Å². The highest BCUT2D eigenvalue weighted by molar-refractivity contribution is 4.52. The summed E-state index contributed by atoms with van der Waals surface area (Å²) in [7, 11) is 3.11. The molecule has 9 nitrogen and oxygen atoms in total. The van der Waals surface area contributed by atoms with E-state index < -0.39 is 12.2 Å². The monoisotopic (exact) mass is 398 g/mol. The summed E-state index contributed by atoms with van der Waals surface area (Å²) in [5, 5.41) is 18.8. The van der Waals surface area contributed by atoms with Crippen LogP contribution in [0.15, 0.2) is 0 Å². The second-order valence-electron chi connectivity index (χ2n) is 5.86. The maximum absolute atomic E-state index is 9.42. The number of hydrogen-bond acceptors (Lipinski definition) is 9. The molecule has 0 aromatic heterocycles. The van der Waals surface area contributed by atoms with Gasteiger partial charge in [0.2, 0.25) is 0 Å². The van der Waals surface area contributed by atoms with Crippen molar-refractivity contribution in [1.82, 2.24) is 0 Å². The molecule has 9 heteroatoms. The molecule has 0 saturated heterocycles. The van der Waals surface area contributed by atoms with Crippen LogP contribution in [0, 0.1) is 0 Å². The van der Waals surface area contributed by atoms with Crippen molar-refractivity contribution in [2.45, 2.75) is 25.0 Å². The molecule has 0 fully saturated rings. The highest BCUT2D eigenvalue weighted by Crippen LogP contribution is 1.94. The Hall–Kier alpha value is -0.360. The van der Waals surface area contributed by atoms with Gasteiger partial charge in [0.05, 0.1) is 78.3 Å². The van der Waals surface area contributed by atoms with Gasteiger partial charge in [-0.25, -0.2) is 0 Å². The van der Waals surface area contributed by atoms with Crippen molar-refractivity contribution < 1.29 is 43.4 Å². The molecule has 2 atom stereocenters. The Morgan fingerprint density at radius 3 is 1.00 bits per heavy atom. The summed E-state index contributed by atoms with van der Waals surface area (Å²) in [4.78, 5) is 0. The zero-order chi connectivity index (χ0) is 20.0. The maximum atomic E-state index is 9.42. The maximum Gasteiger partial charge on any atom is 0.0795 e. The minimum Gasteiger partial charge on any atom is -0.391 e. The van der Waals surface area contributed by atoms with E-state index in [2.05, 4.69) is 0 Å². The molecule has 0 rings (SSSR count). The van der Waals surface area contributed by atoms with E-state index in [1.165, 1.54) is 0 Å². The molecule has 164 valence electrons. The molecule has 0 aromatic carbocycles. The third-order valence-corrected chi connectivity index (χ3v) is 3.40. The van der Waals surface area contributed by atoms with Crippen LogP contribution in [-0.4, -0.2) is 116 Å². The molecule has 0 saturated carbocycles. The summed E-state index contributed by atoms with van der Waals surface area (Å²) < 4.78 is 36.5. The van der Waals surface area contributed by atoms with Gasteiger partial charge >= 0.3 is 0 Å². The number of rotatable bonds is 22. The molecule has 0 amide bonds. The van der Waals surface area contributed by atoms with Gasteiger partial charge in [-0.2, -0.15) is 0 Å². The number of methoxy groups -OCH3 is 2. The van der Waals surface area contributed by atoms with Gasteiger partial charge in [-0.1, -0.05) is 0 Å². The lowest BCUT2D eigenvalue weighted by atomic mass is 10.3. The van der Waals surface area contributed by atoms with Crippen molar-refractivity contribution in [3.05, 3.63) is 0 Å². The summed E-state index contributed by atoms with van der Waals surface area (Å²) >= 11 is 0. The highest BCUT2D eigenvalue weighted by Gasteiger charge is 2.03. The first-order chi connectivity index (χ1) is 13.2. The van der Waals surface area contributed by atoms with Crippen LogP contribution < -0.4 is 0 Å². The second kappa shape index (κ2) is 21.9. The Labute approximate surface area is 162 Å². The molecule has 27 heavy (non-hydrogen) atoms. The highest BCUT2D eigenvalue weighted by atomic mass is 16.6. The predicted molar refractivity (Wildman–Crippen MR) is 99.1 cm³/mol. The largest absolute Gasteiger partial charge is 0.391 e. The number of ether oxygens (including phenoxy) is 7. The van der Waals surface area contributed by atoms with Gasteiger partial charge in [-0.3, -0.25) is 0 Å². The third-order valence-electron chi connectivity index (χ3n) is 3.40.